The fourth-order valence-corrected chi connectivity index (χ4v) is 3.99. The number of nitrogens with two attached hydrogens (primary N) is 1. The van der Waals surface area contributed by atoms with Crippen LogP contribution in [-0.4, -0.2) is 47.4 Å². The topological polar surface area (TPSA) is 104 Å². The Kier molecular flexibility index (Phi) is 8.50. The van der Waals surface area contributed by atoms with Crippen LogP contribution in [0.1, 0.15) is 52.7 Å². The number of carboxylic acid groups (broad SMARTS) is 1. The maximum Gasteiger partial charge on any atom is 0.416 e. The van der Waals surface area contributed by atoms with Crippen LogP contribution >= 0.6 is 0 Å². The monoisotopic (exact) mass is 491 g/mol. The van der Waals surface area contributed by atoms with E-state index in [1.807, 2.05) is 6.07 Å². The molecule has 0 radical (unpaired) electrons. The molecule has 0 spiro atoms. The molecule has 35 heavy (non-hydrogen) atoms. The number of hydrogen-bond donors (Lipinski definition) is 2. The smallest absolute Gasteiger partial charge is 0.416 e. The van der Waals surface area contributed by atoms with Crippen LogP contribution in [-0.2, 0) is 28.7 Å². The predicted molar refractivity (Wildman–Crippen MR) is 124 cm³/mol. The highest BCUT2D eigenvalue weighted by atomic mass is 19.4. The van der Waals surface area contributed by atoms with E-state index in [-0.39, 0.29) is 31.6 Å². The molecule has 1 aliphatic rings. The Bertz CT molecular complexity index is 1070. The SMILES string of the molecule is NCCCCCc1ccc2c(c1)C(=O)N(CCC(=O)O)CC(=O)N2Cc1ccc(C(F)(F)F)cc1. The van der Waals surface area contributed by atoms with E-state index in [1.54, 1.807) is 12.1 Å². The molecule has 0 saturated carbocycles. The minimum atomic E-state index is -4.47. The quantitative estimate of drug-likeness (QED) is 0.492. The van der Waals surface area contributed by atoms with Gasteiger partial charge in [0.25, 0.3) is 5.91 Å². The Morgan fingerprint density at radius 2 is 1.69 bits per heavy atom. The number of unbranched alkanes of at least 4 members (excludes halogenated alkanes) is 2. The second-order valence-electron chi connectivity index (χ2n) is 8.50. The number of alkyl halides is 3. The fourth-order valence-electron chi connectivity index (χ4n) is 3.99. The van der Waals surface area contributed by atoms with Crippen molar-refractivity contribution in [1.29, 1.82) is 0 Å². The maximum atomic E-state index is 13.3. The molecule has 0 atom stereocenters. The summed E-state index contributed by atoms with van der Waals surface area (Å²) in [5, 5.41) is 9.05. The highest BCUT2D eigenvalue weighted by molar-refractivity contribution is 6.09. The molecule has 0 unspecified atom stereocenters. The molecule has 0 saturated heterocycles. The van der Waals surface area contributed by atoms with Crippen molar-refractivity contribution >= 4 is 23.5 Å². The van der Waals surface area contributed by atoms with E-state index >= 15 is 0 Å². The number of anilines is 1. The summed E-state index contributed by atoms with van der Waals surface area (Å²) in [6.07, 6.45) is -1.37. The number of benzene rings is 2. The first-order valence-electron chi connectivity index (χ1n) is 11.4. The summed E-state index contributed by atoms with van der Waals surface area (Å²) in [7, 11) is 0. The number of rotatable bonds is 10. The average Bonchev–Trinajstić information content (AvgIpc) is 2.90. The Morgan fingerprint density at radius 1 is 1.00 bits per heavy atom. The van der Waals surface area contributed by atoms with E-state index in [0.717, 1.165) is 37.0 Å². The van der Waals surface area contributed by atoms with Crippen LogP contribution in [0.25, 0.3) is 0 Å². The fraction of sp³-hybridized carbons (Fsp3) is 0.400. The average molecular weight is 492 g/mol. The van der Waals surface area contributed by atoms with Crippen molar-refractivity contribution in [1.82, 2.24) is 4.90 Å². The lowest BCUT2D eigenvalue weighted by atomic mass is 10.0. The van der Waals surface area contributed by atoms with Gasteiger partial charge in [0.15, 0.2) is 0 Å². The summed E-state index contributed by atoms with van der Waals surface area (Å²) < 4.78 is 38.8. The van der Waals surface area contributed by atoms with Crippen molar-refractivity contribution < 1.29 is 32.7 Å². The molecule has 3 rings (SSSR count). The highest BCUT2D eigenvalue weighted by Gasteiger charge is 2.33. The van der Waals surface area contributed by atoms with Gasteiger partial charge in [-0.15, -0.1) is 0 Å². The molecule has 188 valence electrons. The van der Waals surface area contributed by atoms with E-state index in [9.17, 15) is 27.6 Å². The minimum Gasteiger partial charge on any atom is -0.481 e. The summed E-state index contributed by atoms with van der Waals surface area (Å²) in [4.78, 5) is 40.1. The summed E-state index contributed by atoms with van der Waals surface area (Å²) in [5.41, 5.74) is 6.73. The van der Waals surface area contributed by atoms with Crippen LogP contribution < -0.4 is 10.6 Å². The van der Waals surface area contributed by atoms with Gasteiger partial charge in [-0.25, -0.2) is 0 Å². The van der Waals surface area contributed by atoms with Gasteiger partial charge < -0.3 is 20.6 Å². The number of nitrogens with zero attached hydrogens (tertiary/aromatic N) is 2. The van der Waals surface area contributed by atoms with Gasteiger partial charge in [-0.1, -0.05) is 24.6 Å². The van der Waals surface area contributed by atoms with Gasteiger partial charge in [-0.2, -0.15) is 13.2 Å². The first-order chi connectivity index (χ1) is 16.6. The van der Waals surface area contributed by atoms with Gasteiger partial charge in [0.2, 0.25) is 5.91 Å². The molecule has 2 aromatic rings. The molecule has 0 bridgehead atoms. The number of amides is 2. The summed E-state index contributed by atoms with van der Waals surface area (Å²) in [5.74, 6) is -1.99. The number of halogens is 3. The van der Waals surface area contributed by atoms with Crippen molar-refractivity contribution in [2.24, 2.45) is 5.73 Å². The molecule has 0 aliphatic carbocycles. The van der Waals surface area contributed by atoms with Crippen molar-refractivity contribution in [2.45, 2.75) is 44.8 Å². The van der Waals surface area contributed by atoms with Gasteiger partial charge in [0, 0.05) is 6.54 Å². The van der Waals surface area contributed by atoms with Gasteiger partial charge in [0.1, 0.15) is 6.54 Å². The Labute approximate surface area is 201 Å². The third-order valence-electron chi connectivity index (χ3n) is 5.88. The summed E-state index contributed by atoms with van der Waals surface area (Å²) in [6.45, 7) is 0.115. The van der Waals surface area contributed by atoms with Crippen LogP contribution in [0.4, 0.5) is 18.9 Å². The molecule has 1 heterocycles. The van der Waals surface area contributed by atoms with E-state index in [0.29, 0.717) is 24.2 Å². The number of fused-ring (bicyclic) bond motifs is 1. The minimum absolute atomic E-state index is 0.0279. The van der Waals surface area contributed by atoms with Gasteiger partial charge >= 0.3 is 12.1 Å². The molecule has 7 nitrogen and oxygen atoms in total. The first kappa shape index (κ1) is 26.2. The normalized spacial score (nSPS) is 14.2. The zero-order valence-electron chi connectivity index (χ0n) is 19.2. The largest absolute Gasteiger partial charge is 0.481 e. The number of hydrogen-bond acceptors (Lipinski definition) is 4. The van der Waals surface area contributed by atoms with E-state index in [2.05, 4.69) is 0 Å². The zero-order valence-corrected chi connectivity index (χ0v) is 19.2. The molecule has 1 aliphatic heterocycles. The van der Waals surface area contributed by atoms with Gasteiger partial charge in [-0.05, 0) is 61.2 Å². The maximum absolute atomic E-state index is 13.3. The van der Waals surface area contributed by atoms with E-state index in [1.165, 1.54) is 21.9 Å². The lowest BCUT2D eigenvalue weighted by molar-refractivity contribution is -0.138. The molecule has 2 amide bonds. The lowest BCUT2D eigenvalue weighted by Gasteiger charge is -2.23. The Morgan fingerprint density at radius 3 is 2.31 bits per heavy atom. The highest BCUT2D eigenvalue weighted by Crippen LogP contribution is 2.31. The summed E-state index contributed by atoms with van der Waals surface area (Å²) >= 11 is 0. The molecule has 0 fully saturated rings. The van der Waals surface area contributed by atoms with Crippen LogP contribution in [0.15, 0.2) is 42.5 Å². The predicted octanol–water partition coefficient (Wildman–Crippen LogP) is 3.84. The lowest BCUT2D eigenvalue weighted by Crippen LogP contribution is -2.40. The number of aryl methyl sites for hydroxylation is 1. The molecular formula is C25H28F3N3O4. The molecule has 10 heteroatoms. The number of carbonyl (C=O) groups excluding carboxylic acids is 2. The van der Waals surface area contributed by atoms with Crippen molar-refractivity contribution in [3.05, 3.63) is 64.7 Å². The van der Waals surface area contributed by atoms with Crippen LogP contribution in [0.2, 0.25) is 0 Å². The molecule has 2 aromatic carbocycles. The molecule has 0 aromatic heterocycles. The first-order valence-corrected chi connectivity index (χ1v) is 11.4. The number of carbonyl (C=O) groups is 3. The van der Waals surface area contributed by atoms with Crippen LogP contribution in [0.3, 0.4) is 0 Å². The standard InChI is InChI=1S/C25H28F3N3O4/c26-25(27,28)19-8-5-18(6-9-19)15-31-21-10-7-17(4-2-1-3-12-29)14-20(21)24(35)30(16-22(31)32)13-11-23(33)34/h5-10,14H,1-4,11-13,15-16,29H2,(H,33,34). The van der Waals surface area contributed by atoms with E-state index in [4.69, 9.17) is 10.8 Å². The zero-order chi connectivity index (χ0) is 25.6. The van der Waals surface area contributed by atoms with Crippen LogP contribution in [0, 0.1) is 0 Å². The van der Waals surface area contributed by atoms with Crippen molar-refractivity contribution in [2.75, 3.05) is 24.5 Å². The molecule has 3 N–H and O–H groups in total. The van der Waals surface area contributed by atoms with Crippen molar-refractivity contribution in [3.8, 4) is 0 Å². The molecular weight excluding hydrogens is 463 g/mol. The van der Waals surface area contributed by atoms with E-state index < -0.39 is 29.5 Å². The third-order valence-corrected chi connectivity index (χ3v) is 5.88. The Hall–Kier alpha value is -3.40. The van der Waals surface area contributed by atoms with Gasteiger partial charge in [-0.3, -0.25) is 14.4 Å². The second kappa shape index (κ2) is 11.4. The third kappa shape index (κ3) is 6.82. The summed E-state index contributed by atoms with van der Waals surface area (Å²) in [6, 6.07) is 9.72. The van der Waals surface area contributed by atoms with Crippen molar-refractivity contribution in [3.63, 3.8) is 0 Å². The Balaban J connectivity index is 1.92. The van der Waals surface area contributed by atoms with Crippen LogP contribution in [0.5, 0.6) is 0 Å². The number of carboxylic acids is 1. The number of aliphatic carboxylic acids is 1. The van der Waals surface area contributed by atoms with Gasteiger partial charge in [0.05, 0.1) is 29.8 Å². The second-order valence-corrected chi connectivity index (χ2v) is 8.50.